The maximum Gasteiger partial charge on any atom is 0.332 e. The van der Waals surface area contributed by atoms with Crippen molar-refractivity contribution >= 4 is 35.8 Å². The molecule has 0 saturated carbocycles. The quantitative estimate of drug-likeness (QED) is 0.281. The van der Waals surface area contributed by atoms with Gasteiger partial charge in [0.25, 0.3) is 0 Å². The van der Waals surface area contributed by atoms with Crippen LogP contribution >= 0.6 is 0 Å². The number of hydrogen-bond donors (Lipinski definition) is 6. The van der Waals surface area contributed by atoms with E-state index in [0.717, 1.165) is 0 Å². The Balaban J connectivity index is 0. The Kier molecular flexibility index (Phi) is 10.6. The van der Waals surface area contributed by atoms with Crippen LogP contribution in [0.4, 0.5) is 0 Å². The first-order valence-electron chi connectivity index (χ1n) is 5.91. The maximum absolute atomic E-state index is 10.2. The highest BCUT2D eigenvalue weighted by atomic mass is 16.4. The lowest BCUT2D eigenvalue weighted by Gasteiger charge is -2.04. The smallest absolute Gasteiger partial charge is 0.332 e. The fraction of sp³-hybridized carbons (Fsp3) is 0.333. The van der Waals surface area contributed by atoms with Gasteiger partial charge in [0.1, 0.15) is 0 Å². The van der Waals surface area contributed by atoms with Crippen LogP contribution in [-0.4, -0.2) is 66.5 Å². The maximum atomic E-state index is 10.2. The second kappa shape index (κ2) is 11.2. The van der Waals surface area contributed by atoms with Gasteiger partial charge in [-0.1, -0.05) is 0 Å². The van der Waals surface area contributed by atoms with Crippen LogP contribution in [0.15, 0.2) is 11.6 Å². The Bertz CT molecular complexity index is 542. The number of hydrogen-bond acceptors (Lipinski definition) is 6. The van der Waals surface area contributed by atoms with Gasteiger partial charge in [-0.15, -0.1) is 0 Å². The largest absolute Gasteiger partial charge is 0.481 e. The molecule has 0 amide bonds. The van der Waals surface area contributed by atoms with Crippen molar-refractivity contribution in [3.8, 4) is 0 Å². The van der Waals surface area contributed by atoms with E-state index in [1.54, 1.807) is 0 Å². The van der Waals surface area contributed by atoms with Gasteiger partial charge < -0.3 is 30.6 Å². The average molecular weight is 350 g/mol. The highest BCUT2D eigenvalue weighted by Crippen LogP contribution is 2.08. The monoisotopic (exact) mass is 350 g/mol. The molecule has 0 aromatic heterocycles. The molecule has 0 atom stereocenters. The fourth-order valence-corrected chi connectivity index (χ4v) is 1.17. The van der Waals surface area contributed by atoms with Gasteiger partial charge >= 0.3 is 35.8 Å². The topological polar surface area (TPSA) is 224 Å². The van der Waals surface area contributed by atoms with Gasteiger partial charge in [-0.25, -0.2) is 9.59 Å². The van der Waals surface area contributed by atoms with Crippen LogP contribution in [0.3, 0.4) is 0 Å². The van der Waals surface area contributed by atoms with Crippen molar-refractivity contribution in [2.75, 3.05) is 0 Å². The zero-order valence-electron chi connectivity index (χ0n) is 11.9. The molecule has 0 aromatic rings. The lowest BCUT2D eigenvalue weighted by atomic mass is 10.0. The summed E-state index contributed by atoms with van der Waals surface area (Å²) in [6, 6.07) is 0. The van der Waals surface area contributed by atoms with E-state index in [0.29, 0.717) is 6.08 Å². The van der Waals surface area contributed by atoms with Crippen molar-refractivity contribution in [3.05, 3.63) is 11.6 Å². The third-order valence-corrected chi connectivity index (χ3v) is 2.11. The average Bonchev–Trinajstić information content (AvgIpc) is 2.35. The summed E-state index contributed by atoms with van der Waals surface area (Å²) in [5.74, 6) is -9.79. The van der Waals surface area contributed by atoms with Gasteiger partial charge in [0.2, 0.25) is 0 Å². The van der Waals surface area contributed by atoms with E-state index in [2.05, 4.69) is 0 Å². The first kappa shape index (κ1) is 22.8. The molecule has 0 aromatic carbocycles. The number of rotatable bonds is 9. The Morgan fingerprint density at radius 3 is 1.33 bits per heavy atom. The second-order valence-electron chi connectivity index (χ2n) is 4.11. The van der Waals surface area contributed by atoms with Crippen LogP contribution in [0.5, 0.6) is 0 Å². The Morgan fingerprint density at radius 2 is 1.12 bits per heavy atom. The molecule has 0 aliphatic heterocycles. The summed E-state index contributed by atoms with van der Waals surface area (Å²) in [6.45, 7) is 0. The SMILES string of the molecule is O=C(O)C=C(CC(=O)O)C(=O)O.O=C(O)CC(CC(=O)O)C(=O)O. The summed E-state index contributed by atoms with van der Waals surface area (Å²) >= 11 is 0. The van der Waals surface area contributed by atoms with Crippen LogP contribution < -0.4 is 0 Å². The molecular formula is C12H14O12. The second-order valence-corrected chi connectivity index (χ2v) is 4.11. The van der Waals surface area contributed by atoms with Gasteiger partial charge in [0, 0.05) is 6.08 Å². The van der Waals surface area contributed by atoms with Gasteiger partial charge in [0.05, 0.1) is 30.8 Å². The molecular weight excluding hydrogens is 336 g/mol. The van der Waals surface area contributed by atoms with Crippen molar-refractivity contribution < 1.29 is 59.4 Å². The predicted octanol–water partition coefficient (Wildman–Crippen LogP) is -0.807. The molecule has 0 unspecified atom stereocenters. The predicted molar refractivity (Wildman–Crippen MR) is 71.2 cm³/mol. The molecule has 134 valence electrons. The van der Waals surface area contributed by atoms with Crippen LogP contribution in [0.2, 0.25) is 0 Å². The minimum atomic E-state index is -1.54. The van der Waals surface area contributed by atoms with E-state index >= 15 is 0 Å². The van der Waals surface area contributed by atoms with E-state index in [-0.39, 0.29) is 0 Å². The normalized spacial score (nSPS) is 10.3. The van der Waals surface area contributed by atoms with Crippen molar-refractivity contribution in [3.63, 3.8) is 0 Å². The third-order valence-electron chi connectivity index (χ3n) is 2.11. The number of carboxylic acid groups (broad SMARTS) is 6. The molecule has 0 bridgehead atoms. The van der Waals surface area contributed by atoms with Gasteiger partial charge in [-0.3, -0.25) is 19.2 Å². The van der Waals surface area contributed by atoms with Crippen molar-refractivity contribution in [1.29, 1.82) is 0 Å². The van der Waals surface area contributed by atoms with E-state index < -0.39 is 66.6 Å². The summed E-state index contributed by atoms with van der Waals surface area (Å²) in [7, 11) is 0. The molecule has 0 saturated heterocycles. The van der Waals surface area contributed by atoms with Crippen molar-refractivity contribution in [2.45, 2.75) is 19.3 Å². The van der Waals surface area contributed by atoms with Crippen LogP contribution in [-0.2, 0) is 28.8 Å². The number of carbonyl (C=O) groups is 6. The van der Waals surface area contributed by atoms with E-state index in [9.17, 15) is 28.8 Å². The highest BCUT2D eigenvalue weighted by Gasteiger charge is 2.23. The van der Waals surface area contributed by atoms with Gasteiger partial charge in [-0.2, -0.15) is 0 Å². The molecule has 12 nitrogen and oxygen atoms in total. The molecule has 24 heavy (non-hydrogen) atoms. The van der Waals surface area contributed by atoms with Crippen LogP contribution in [0.1, 0.15) is 19.3 Å². The van der Waals surface area contributed by atoms with Crippen LogP contribution in [0, 0.1) is 5.92 Å². The number of carboxylic acids is 6. The molecule has 12 heteroatoms. The fourth-order valence-electron chi connectivity index (χ4n) is 1.17. The number of aliphatic carboxylic acids is 6. The van der Waals surface area contributed by atoms with Crippen molar-refractivity contribution in [1.82, 2.24) is 0 Å². The van der Waals surface area contributed by atoms with Gasteiger partial charge in [-0.05, 0) is 0 Å². The van der Waals surface area contributed by atoms with E-state index in [1.165, 1.54) is 0 Å². The molecule has 0 aliphatic rings. The van der Waals surface area contributed by atoms with E-state index in [4.69, 9.17) is 30.6 Å². The lowest BCUT2D eigenvalue weighted by Crippen LogP contribution is -2.20. The summed E-state index contributed by atoms with van der Waals surface area (Å²) in [5, 5.41) is 49.3. The standard InChI is InChI=1S/C6H8O6.C6H6O6/c2*7-4(8)1-3(6(11)12)2-5(9)10/h3H,1-2H2,(H,7,8)(H,9,10)(H,11,12);1H,2H2,(H,7,8)(H,9,10)(H,11,12). The van der Waals surface area contributed by atoms with E-state index in [1.807, 2.05) is 0 Å². The van der Waals surface area contributed by atoms with Gasteiger partial charge in [0.15, 0.2) is 0 Å². The molecule has 0 radical (unpaired) electrons. The molecule has 0 fully saturated rings. The Hall–Kier alpha value is -3.44. The van der Waals surface area contributed by atoms with Crippen LogP contribution in [0.25, 0.3) is 0 Å². The molecule has 6 N–H and O–H groups in total. The molecule has 0 heterocycles. The Morgan fingerprint density at radius 1 is 0.708 bits per heavy atom. The first-order chi connectivity index (χ1) is 10.9. The first-order valence-corrected chi connectivity index (χ1v) is 5.91. The minimum absolute atomic E-state index is 0.358. The third kappa shape index (κ3) is 13.5. The van der Waals surface area contributed by atoms with Crippen molar-refractivity contribution in [2.24, 2.45) is 5.92 Å². The Labute approximate surface area is 133 Å². The highest BCUT2D eigenvalue weighted by molar-refractivity contribution is 5.98. The zero-order valence-corrected chi connectivity index (χ0v) is 11.9. The summed E-state index contributed by atoms with van der Waals surface area (Å²) in [5.41, 5.74) is -0.657. The zero-order chi connectivity index (χ0) is 19.4. The molecule has 0 rings (SSSR count). The summed E-state index contributed by atoms with van der Waals surface area (Å²) in [6.07, 6.45) is -1.78. The lowest BCUT2D eigenvalue weighted by molar-refractivity contribution is -0.152. The minimum Gasteiger partial charge on any atom is -0.481 e. The summed E-state index contributed by atoms with van der Waals surface area (Å²) < 4.78 is 0. The molecule has 0 spiro atoms. The summed E-state index contributed by atoms with van der Waals surface area (Å²) in [4.78, 5) is 60.5. The molecule has 0 aliphatic carbocycles.